The molecular formula is C19H18BrN5O2. The topological polar surface area (TPSA) is 103 Å². The zero-order valence-electron chi connectivity index (χ0n) is 14.5. The number of piperazine rings is 1. The lowest BCUT2D eigenvalue weighted by molar-refractivity contribution is 0.0605. The highest BCUT2D eigenvalue weighted by molar-refractivity contribution is 9.10. The Morgan fingerprint density at radius 2 is 1.78 bits per heavy atom. The predicted octanol–water partition coefficient (Wildman–Crippen LogP) is 1.97. The summed E-state index contributed by atoms with van der Waals surface area (Å²) in [5, 5.41) is 9.59. The van der Waals surface area contributed by atoms with Crippen molar-refractivity contribution >= 4 is 27.7 Å². The first-order valence-corrected chi connectivity index (χ1v) is 9.23. The lowest BCUT2D eigenvalue weighted by atomic mass is 10.1. The average Bonchev–Trinajstić information content (AvgIpc) is 2.70. The minimum atomic E-state index is -0.627. The number of carbonyl (C=O) groups is 2. The highest BCUT2D eigenvalue weighted by atomic mass is 79.9. The van der Waals surface area contributed by atoms with Gasteiger partial charge in [-0.2, -0.15) is 5.26 Å². The number of primary amides is 1. The molecule has 1 aromatic heterocycles. The molecule has 2 amide bonds. The molecule has 138 valence electrons. The highest BCUT2D eigenvalue weighted by Gasteiger charge is 2.27. The lowest BCUT2D eigenvalue weighted by Crippen LogP contribution is -2.49. The van der Waals surface area contributed by atoms with Gasteiger partial charge in [0.2, 0.25) is 0 Å². The Balaban J connectivity index is 1.63. The summed E-state index contributed by atoms with van der Waals surface area (Å²) < 4.78 is 0.967. The minimum absolute atomic E-state index is 0.128. The van der Waals surface area contributed by atoms with Gasteiger partial charge in [0.05, 0.1) is 11.6 Å². The van der Waals surface area contributed by atoms with Gasteiger partial charge in [0, 0.05) is 36.8 Å². The largest absolute Gasteiger partial charge is 0.364 e. The van der Waals surface area contributed by atoms with Crippen LogP contribution in [0.5, 0.6) is 0 Å². The Bertz CT molecular complexity index is 868. The molecule has 1 unspecified atom stereocenters. The van der Waals surface area contributed by atoms with E-state index in [1.807, 2.05) is 24.3 Å². The van der Waals surface area contributed by atoms with Gasteiger partial charge in [-0.25, -0.2) is 0 Å². The molecule has 0 aliphatic carbocycles. The number of amides is 2. The highest BCUT2D eigenvalue weighted by Crippen LogP contribution is 2.23. The smallest absolute Gasteiger partial charge is 0.267 e. The van der Waals surface area contributed by atoms with E-state index in [1.165, 1.54) is 12.3 Å². The summed E-state index contributed by atoms with van der Waals surface area (Å²) in [5.74, 6) is -0.770. The third-order valence-corrected chi connectivity index (χ3v) is 5.07. The van der Waals surface area contributed by atoms with Gasteiger partial charge >= 0.3 is 0 Å². The third-order valence-electron chi connectivity index (χ3n) is 4.54. The Kier molecular flexibility index (Phi) is 5.84. The molecule has 2 N–H and O–H groups in total. The fraction of sp³-hybridized carbons (Fsp3) is 0.263. The number of aromatic nitrogens is 1. The van der Waals surface area contributed by atoms with Crippen molar-refractivity contribution in [1.29, 1.82) is 5.26 Å². The molecule has 0 radical (unpaired) electrons. The molecule has 0 saturated carbocycles. The molecule has 1 aliphatic rings. The van der Waals surface area contributed by atoms with Crippen LogP contribution in [0.3, 0.4) is 0 Å². The normalized spacial score (nSPS) is 15.8. The summed E-state index contributed by atoms with van der Waals surface area (Å²) in [6, 6.07) is 12.7. The van der Waals surface area contributed by atoms with Crippen LogP contribution in [0.1, 0.15) is 32.5 Å². The number of hydrogen-bond acceptors (Lipinski definition) is 5. The van der Waals surface area contributed by atoms with E-state index in [2.05, 4.69) is 31.9 Å². The van der Waals surface area contributed by atoms with Crippen molar-refractivity contribution in [2.45, 2.75) is 6.04 Å². The van der Waals surface area contributed by atoms with Gasteiger partial charge in [-0.15, -0.1) is 0 Å². The van der Waals surface area contributed by atoms with Crippen molar-refractivity contribution in [2.24, 2.45) is 5.73 Å². The van der Waals surface area contributed by atoms with Gasteiger partial charge in [0.25, 0.3) is 11.8 Å². The first-order chi connectivity index (χ1) is 13.0. The van der Waals surface area contributed by atoms with Crippen LogP contribution in [0.25, 0.3) is 0 Å². The molecule has 1 atom stereocenters. The number of pyridine rings is 1. The van der Waals surface area contributed by atoms with Crippen LogP contribution in [-0.4, -0.2) is 52.8 Å². The van der Waals surface area contributed by atoms with Gasteiger partial charge in [-0.3, -0.25) is 19.5 Å². The van der Waals surface area contributed by atoms with Crippen molar-refractivity contribution in [2.75, 3.05) is 26.2 Å². The molecule has 1 aliphatic heterocycles. The zero-order valence-corrected chi connectivity index (χ0v) is 16.1. The van der Waals surface area contributed by atoms with E-state index in [0.29, 0.717) is 31.7 Å². The van der Waals surface area contributed by atoms with Crippen molar-refractivity contribution in [3.8, 4) is 6.07 Å². The Morgan fingerprint density at radius 3 is 2.30 bits per heavy atom. The molecule has 0 spiro atoms. The number of halogens is 1. The van der Waals surface area contributed by atoms with E-state index in [1.54, 1.807) is 11.0 Å². The van der Waals surface area contributed by atoms with E-state index in [-0.39, 0.29) is 17.6 Å². The van der Waals surface area contributed by atoms with Gasteiger partial charge in [-0.05, 0) is 29.8 Å². The van der Waals surface area contributed by atoms with Gasteiger partial charge in [0.15, 0.2) is 0 Å². The second-order valence-corrected chi connectivity index (χ2v) is 7.12. The first kappa shape index (κ1) is 19.0. The second kappa shape index (κ2) is 8.29. The number of nitriles is 1. The number of nitrogens with two attached hydrogens (primary N) is 1. The molecule has 2 heterocycles. The molecule has 1 saturated heterocycles. The summed E-state index contributed by atoms with van der Waals surface area (Å²) >= 11 is 3.40. The van der Waals surface area contributed by atoms with Gasteiger partial charge in [0.1, 0.15) is 11.7 Å². The van der Waals surface area contributed by atoms with Crippen molar-refractivity contribution in [3.63, 3.8) is 0 Å². The fourth-order valence-electron chi connectivity index (χ4n) is 3.04. The van der Waals surface area contributed by atoms with Crippen molar-refractivity contribution in [3.05, 3.63) is 63.9 Å². The summed E-state index contributed by atoms with van der Waals surface area (Å²) in [6.45, 7) is 2.25. The summed E-state index contributed by atoms with van der Waals surface area (Å²) in [5.41, 5.74) is 6.64. The molecule has 2 aromatic rings. The van der Waals surface area contributed by atoms with Crippen LogP contribution < -0.4 is 5.73 Å². The van der Waals surface area contributed by atoms with E-state index in [9.17, 15) is 14.9 Å². The van der Waals surface area contributed by atoms with Crippen LogP contribution in [0.2, 0.25) is 0 Å². The van der Waals surface area contributed by atoms with E-state index in [4.69, 9.17) is 5.73 Å². The van der Waals surface area contributed by atoms with E-state index in [0.717, 1.165) is 10.0 Å². The van der Waals surface area contributed by atoms with E-state index >= 15 is 0 Å². The summed E-state index contributed by atoms with van der Waals surface area (Å²) in [6.07, 6.45) is 1.37. The maximum Gasteiger partial charge on any atom is 0.267 e. The predicted molar refractivity (Wildman–Crippen MR) is 103 cm³/mol. The zero-order chi connectivity index (χ0) is 19.4. The quantitative estimate of drug-likeness (QED) is 0.802. The Labute approximate surface area is 165 Å². The molecule has 1 fully saturated rings. The van der Waals surface area contributed by atoms with E-state index < -0.39 is 5.91 Å². The Morgan fingerprint density at radius 1 is 1.11 bits per heavy atom. The van der Waals surface area contributed by atoms with Crippen LogP contribution in [0, 0.1) is 11.3 Å². The van der Waals surface area contributed by atoms with Gasteiger partial charge < -0.3 is 10.6 Å². The second-order valence-electron chi connectivity index (χ2n) is 6.21. The summed E-state index contributed by atoms with van der Waals surface area (Å²) in [4.78, 5) is 31.4. The number of benzene rings is 1. The van der Waals surface area contributed by atoms with Gasteiger partial charge in [-0.1, -0.05) is 28.1 Å². The molecular weight excluding hydrogens is 410 g/mol. The molecule has 27 heavy (non-hydrogen) atoms. The molecule has 3 rings (SSSR count). The average molecular weight is 428 g/mol. The maximum atomic E-state index is 12.6. The maximum absolute atomic E-state index is 12.6. The monoisotopic (exact) mass is 427 g/mol. The summed E-state index contributed by atoms with van der Waals surface area (Å²) in [7, 11) is 0. The van der Waals surface area contributed by atoms with Crippen LogP contribution >= 0.6 is 15.9 Å². The Hall–Kier alpha value is -2.76. The number of nitrogens with zero attached hydrogens (tertiary/aromatic N) is 4. The van der Waals surface area contributed by atoms with Crippen LogP contribution in [0.15, 0.2) is 47.1 Å². The number of rotatable bonds is 4. The van der Waals surface area contributed by atoms with Crippen LogP contribution in [0.4, 0.5) is 0 Å². The first-order valence-electron chi connectivity index (χ1n) is 8.44. The minimum Gasteiger partial charge on any atom is -0.364 e. The fourth-order valence-corrected chi connectivity index (χ4v) is 3.31. The molecule has 0 bridgehead atoms. The third kappa shape index (κ3) is 4.32. The van der Waals surface area contributed by atoms with Crippen molar-refractivity contribution < 1.29 is 9.59 Å². The van der Waals surface area contributed by atoms with Crippen LogP contribution in [-0.2, 0) is 0 Å². The molecule has 7 nitrogen and oxygen atoms in total. The standard InChI is InChI=1S/C19H18BrN5O2/c20-15-4-1-13(2-5-15)17(11-21)24-7-9-25(10-8-24)19(27)14-3-6-16(18(22)26)23-12-14/h1-6,12,17H,7-10H2,(H2,22,26). The molecule has 1 aromatic carbocycles. The lowest BCUT2D eigenvalue weighted by Gasteiger charge is -2.37. The number of hydrogen-bond donors (Lipinski definition) is 1. The van der Waals surface area contributed by atoms with Crippen molar-refractivity contribution in [1.82, 2.24) is 14.8 Å². The molecule has 8 heteroatoms. The number of carbonyl (C=O) groups excluding carboxylic acids is 2. The SMILES string of the molecule is N#CC(c1ccc(Br)cc1)N1CCN(C(=O)c2ccc(C(N)=O)nc2)CC1.